The van der Waals surface area contributed by atoms with Gasteiger partial charge in [-0.05, 0) is 56.5 Å². The maximum Gasteiger partial charge on any atom is 0.0961 e. The molecule has 2 aromatic carbocycles. The molecule has 0 amide bonds. The van der Waals surface area contributed by atoms with E-state index in [1.807, 2.05) is 6.33 Å². The molecule has 0 unspecified atom stereocenters. The molecule has 20 heavy (non-hydrogen) atoms. The fraction of sp³-hybridized carbons (Fsp3) is 0.278. The molecule has 1 heterocycles. The highest BCUT2D eigenvalue weighted by atomic mass is 15.0. The Kier molecular flexibility index (Phi) is 3.09. The zero-order valence-corrected chi connectivity index (χ0v) is 12.6. The molecule has 0 aliphatic rings. The van der Waals surface area contributed by atoms with Crippen LogP contribution in [0.4, 0.5) is 0 Å². The van der Waals surface area contributed by atoms with E-state index in [0.29, 0.717) is 0 Å². The monoisotopic (exact) mass is 264 g/mol. The van der Waals surface area contributed by atoms with Gasteiger partial charge in [-0.3, -0.25) is 0 Å². The van der Waals surface area contributed by atoms with E-state index in [9.17, 15) is 0 Å². The summed E-state index contributed by atoms with van der Waals surface area (Å²) >= 11 is 0. The zero-order valence-electron chi connectivity index (χ0n) is 12.6. The first-order valence-electron chi connectivity index (χ1n) is 7.02. The first-order chi connectivity index (χ1) is 9.52. The van der Waals surface area contributed by atoms with Crippen LogP contribution in [0.2, 0.25) is 0 Å². The molecule has 0 saturated carbocycles. The summed E-state index contributed by atoms with van der Waals surface area (Å²) in [5.41, 5.74) is 8.88. The number of hydrogen-bond acceptors (Lipinski definition) is 1. The zero-order chi connectivity index (χ0) is 14.3. The van der Waals surface area contributed by atoms with Gasteiger partial charge >= 0.3 is 0 Å². The van der Waals surface area contributed by atoms with Crippen molar-refractivity contribution in [3.05, 3.63) is 64.5 Å². The van der Waals surface area contributed by atoms with Gasteiger partial charge in [0.05, 0.1) is 17.4 Å². The predicted molar refractivity (Wildman–Crippen MR) is 84.2 cm³/mol. The normalized spacial score (nSPS) is 11.2. The lowest BCUT2D eigenvalue weighted by Gasteiger charge is -2.08. The van der Waals surface area contributed by atoms with Crippen molar-refractivity contribution < 1.29 is 0 Å². The van der Waals surface area contributed by atoms with Crippen molar-refractivity contribution in [3.8, 4) is 0 Å². The number of rotatable bonds is 2. The Labute approximate surface area is 120 Å². The Morgan fingerprint density at radius 1 is 0.850 bits per heavy atom. The van der Waals surface area contributed by atoms with Gasteiger partial charge in [0.25, 0.3) is 0 Å². The molecule has 0 N–H and O–H groups in total. The highest BCUT2D eigenvalue weighted by Crippen LogP contribution is 2.20. The van der Waals surface area contributed by atoms with Crippen LogP contribution in [0.25, 0.3) is 11.0 Å². The summed E-state index contributed by atoms with van der Waals surface area (Å²) in [5, 5.41) is 0. The highest BCUT2D eigenvalue weighted by molar-refractivity contribution is 5.77. The molecule has 0 atom stereocenters. The minimum absolute atomic E-state index is 0.877. The molecule has 0 fully saturated rings. The second-order valence-electron chi connectivity index (χ2n) is 5.79. The van der Waals surface area contributed by atoms with E-state index < -0.39 is 0 Å². The largest absolute Gasteiger partial charge is 0.326 e. The van der Waals surface area contributed by atoms with Crippen LogP contribution >= 0.6 is 0 Å². The van der Waals surface area contributed by atoms with Crippen LogP contribution in [-0.4, -0.2) is 9.55 Å². The lowest BCUT2D eigenvalue weighted by atomic mass is 10.1. The topological polar surface area (TPSA) is 17.8 Å². The second kappa shape index (κ2) is 4.78. The van der Waals surface area contributed by atoms with Crippen molar-refractivity contribution >= 4 is 11.0 Å². The summed E-state index contributed by atoms with van der Waals surface area (Å²) in [4.78, 5) is 4.52. The van der Waals surface area contributed by atoms with E-state index in [0.717, 1.165) is 12.1 Å². The molecule has 2 nitrogen and oxygen atoms in total. The number of hydrogen-bond donors (Lipinski definition) is 0. The van der Waals surface area contributed by atoms with Crippen LogP contribution < -0.4 is 0 Å². The van der Waals surface area contributed by atoms with E-state index >= 15 is 0 Å². The van der Waals surface area contributed by atoms with Gasteiger partial charge in [0.15, 0.2) is 0 Å². The molecular weight excluding hydrogens is 244 g/mol. The first-order valence-corrected chi connectivity index (χ1v) is 7.02. The molecule has 0 aliphatic carbocycles. The summed E-state index contributed by atoms with van der Waals surface area (Å²) in [6.45, 7) is 9.47. The number of nitrogens with zero attached hydrogens (tertiary/aromatic N) is 2. The maximum atomic E-state index is 4.52. The number of imidazole rings is 1. The molecule has 2 heteroatoms. The van der Waals surface area contributed by atoms with Gasteiger partial charge < -0.3 is 4.57 Å². The maximum absolute atomic E-state index is 4.52. The van der Waals surface area contributed by atoms with Crippen molar-refractivity contribution in [3.63, 3.8) is 0 Å². The first kappa shape index (κ1) is 12.9. The van der Waals surface area contributed by atoms with Gasteiger partial charge in [-0.1, -0.05) is 29.3 Å². The van der Waals surface area contributed by atoms with Gasteiger partial charge in [-0.15, -0.1) is 0 Å². The molecule has 1 aromatic heterocycles. The van der Waals surface area contributed by atoms with Crippen molar-refractivity contribution in [2.24, 2.45) is 0 Å². The standard InChI is InChI=1S/C18H20N2/c1-12-5-13(2)7-16(6-12)10-20-11-19-17-8-14(3)15(4)9-18(17)20/h5-9,11H,10H2,1-4H3. The van der Waals surface area contributed by atoms with Crippen molar-refractivity contribution in [2.45, 2.75) is 34.2 Å². The average molecular weight is 264 g/mol. The Hall–Kier alpha value is -2.09. The molecule has 0 spiro atoms. The summed E-state index contributed by atoms with van der Waals surface area (Å²) in [6.07, 6.45) is 1.95. The summed E-state index contributed by atoms with van der Waals surface area (Å²) in [5.74, 6) is 0. The van der Waals surface area contributed by atoms with Crippen LogP contribution in [0.5, 0.6) is 0 Å². The van der Waals surface area contributed by atoms with Gasteiger partial charge in [0.1, 0.15) is 0 Å². The molecule has 0 bridgehead atoms. The summed E-state index contributed by atoms with van der Waals surface area (Å²) < 4.78 is 2.23. The Morgan fingerprint density at radius 2 is 1.50 bits per heavy atom. The molecular formula is C18H20N2. The van der Waals surface area contributed by atoms with Gasteiger partial charge in [-0.2, -0.15) is 0 Å². The third-order valence-corrected chi connectivity index (χ3v) is 3.87. The lowest BCUT2D eigenvalue weighted by molar-refractivity contribution is 0.822. The highest BCUT2D eigenvalue weighted by Gasteiger charge is 2.06. The summed E-state index contributed by atoms with van der Waals surface area (Å²) in [7, 11) is 0. The molecule has 3 rings (SSSR count). The van der Waals surface area contributed by atoms with E-state index in [-0.39, 0.29) is 0 Å². The molecule has 0 aliphatic heterocycles. The Bertz CT molecular complexity index is 761. The van der Waals surface area contributed by atoms with E-state index in [1.54, 1.807) is 0 Å². The average Bonchev–Trinajstić information content (AvgIpc) is 2.71. The number of fused-ring (bicyclic) bond motifs is 1. The molecule has 102 valence electrons. The van der Waals surface area contributed by atoms with Gasteiger partial charge in [-0.25, -0.2) is 4.98 Å². The minimum Gasteiger partial charge on any atom is -0.326 e. The smallest absolute Gasteiger partial charge is 0.0961 e. The lowest BCUT2D eigenvalue weighted by Crippen LogP contribution is -1.99. The van der Waals surface area contributed by atoms with E-state index in [4.69, 9.17) is 0 Å². The SMILES string of the molecule is Cc1cc(C)cc(Cn2cnc3cc(C)c(C)cc32)c1. The predicted octanol–water partition coefficient (Wildman–Crippen LogP) is 4.32. The number of aromatic nitrogens is 2. The minimum atomic E-state index is 0.877. The second-order valence-corrected chi connectivity index (χ2v) is 5.79. The Balaban J connectivity index is 2.04. The van der Waals surface area contributed by atoms with Crippen LogP contribution in [0, 0.1) is 27.7 Å². The van der Waals surface area contributed by atoms with E-state index in [2.05, 4.69) is 67.6 Å². The fourth-order valence-electron chi connectivity index (χ4n) is 2.80. The number of aryl methyl sites for hydroxylation is 4. The van der Waals surface area contributed by atoms with Crippen molar-refractivity contribution in [1.82, 2.24) is 9.55 Å². The molecule has 3 aromatic rings. The van der Waals surface area contributed by atoms with Crippen LogP contribution in [0.15, 0.2) is 36.7 Å². The van der Waals surface area contributed by atoms with Crippen molar-refractivity contribution in [2.75, 3.05) is 0 Å². The molecule has 0 radical (unpaired) electrons. The number of benzene rings is 2. The third-order valence-electron chi connectivity index (χ3n) is 3.87. The quantitative estimate of drug-likeness (QED) is 0.674. The van der Waals surface area contributed by atoms with Gasteiger partial charge in [0, 0.05) is 6.54 Å². The van der Waals surface area contributed by atoms with Gasteiger partial charge in [0.2, 0.25) is 0 Å². The van der Waals surface area contributed by atoms with Crippen LogP contribution in [0.3, 0.4) is 0 Å². The van der Waals surface area contributed by atoms with Crippen molar-refractivity contribution in [1.29, 1.82) is 0 Å². The fourth-order valence-corrected chi connectivity index (χ4v) is 2.80. The van der Waals surface area contributed by atoms with E-state index in [1.165, 1.54) is 33.3 Å². The Morgan fingerprint density at radius 3 is 2.20 bits per heavy atom. The third kappa shape index (κ3) is 2.34. The molecule has 0 saturated heterocycles. The van der Waals surface area contributed by atoms with Crippen LogP contribution in [-0.2, 0) is 6.54 Å². The summed E-state index contributed by atoms with van der Waals surface area (Å²) in [6, 6.07) is 11.1. The van der Waals surface area contributed by atoms with Crippen LogP contribution in [0.1, 0.15) is 27.8 Å².